The van der Waals surface area contributed by atoms with Gasteiger partial charge in [0, 0.05) is 18.5 Å². The summed E-state index contributed by atoms with van der Waals surface area (Å²) >= 11 is 1.64. The molecule has 0 saturated carbocycles. The van der Waals surface area contributed by atoms with E-state index in [0.29, 0.717) is 24.9 Å². The molecule has 0 spiro atoms. The smallest absolute Gasteiger partial charge is 0.224 e. The van der Waals surface area contributed by atoms with Crippen molar-refractivity contribution in [2.24, 2.45) is 0 Å². The third-order valence-electron chi connectivity index (χ3n) is 2.40. The fourth-order valence-electron chi connectivity index (χ4n) is 1.58. The Bertz CT molecular complexity index is 501. The Kier molecular flexibility index (Phi) is 4.09. The van der Waals surface area contributed by atoms with E-state index < -0.39 is 5.82 Å². The molecule has 18 heavy (non-hydrogen) atoms. The lowest BCUT2D eigenvalue weighted by Gasteiger charge is -2.18. The average molecular weight is 266 g/mol. The number of nitrogens with one attached hydrogen (secondary N) is 1. The van der Waals surface area contributed by atoms with Gasteiger partial charge in [0.25, 0.3) is 0 Å². The zero-order valence-electron chi connectivity index (χ0n) is 10.4. The van der Waals surface area contributed by atoms with Crippen LogP contribution in [0.5, 0.6) is 0 Å². The monoisotopic (exact) mass is 266 g/mol. The number of aromatic nitrogens is 2. The molecule has 1 N–H and O–H groups in total. The van der Waals surface area contributed by atoms with Crippen molar-refractivity contribution >= 4 is 23.1 Å². The summed E-state index contributed by atoms with van der Waals surface area (Å²) in [4.78, 5) is 11.0. The Morgan fingerprint density at radius 3 is 3.00 bits per heavy atom. The second-order valence-corrected chi connectivity index (χ2v) is 4.86. The van der Waals surface area contributed by atoms with Crippen molar-refractivity contribution in [3.05, 3.63) is 34.4 Å². The molecule has 0 aliphatic heterocycles. The standard InChI is InChI=1S/C12H15FN4S/c1-3-14-12-15-7-10(13)11(16-12)17(2)8-9-5-4-6-18-9/h4-7H,3,8H2,1-2H3,(H,14,15,16). The lowest BCUT2D eigenvalue weighted by molar-refractivity contribution is 0.608. The van der Waals surface area contributed by atoms with Crippen LogP contribution >= 0.6 is 11.3 Å². The fraction of sp³-hybridized carbons (Fsp3) is 0.333. The van der Waals surface area contributed by atoms with Crippen LogP contribution in [-0.4, -0.2) is 23.6 Å². The second-order valence-electron chi connectivity index (χ2n) is 3.83. The molecular formula is C12H15FN4S. The minimum atomic E-state index is -0.407. The van der Waals surface area contributed by atoms with Gasteiger partial charge in [-0.25, -0.2) is 9.37 Å². The van der Waals surface area contributed by atoms with E-state index in [1.54, 1.807) is 16.2 Å². The first kappa shape index (κ1) is 12.8. The average Bonchev–Trinajstić information content (AvgIpc) is 2.84. The molecule has 2 aromatic rings. The van der Waals surface area contributed by atoms with Gasteiger partial charge in [-0.15, -0.1) is 11.3 Å². The third-order valence-corrected chi connectivity index (χ3v) is 3.26. The molecule has 6 heteroatoms. The number of hydrogen-bond acceptors (Lipinski definition) is 5. The topological polar surface area (TPSA) is 41.1 Å². The quantitative estimate of drug-likeness (QED) is 0.903. The predicted molar refractivity (Wildman–Crippen MR) is 72.6 cm³/mol. The minimum Gasteiger partial charge on any atom is -0.354 e. The SMILES string of the molecule is CCNc1ncc(F)c(N(C)Cc2cccs2)n1. The minimum absolute atomic E-state index is 0.314. The maximum absolute atomic E-state index is 13.7. The fourth-order valence-corrected chi connectivity index (χ4v) is 2.34. The van der Waals surface area contributed by atoms with E-state index in [1.807, 2.05) is 31.5 Å². The molecule has 96 valence electrons. The molecule has 4 nitrogen and oxygen atoms in total. The van der Waals surface area contributed by atoms with Crippen LogP contribution in [0.3, 0.4) is 0 Å². The van der Waals surface area contributed by atoms with Crippen LogP contribution in [0, 0.1) is 5.82 Å². The molecule has 0 unspecified atom stereocenters. The molecule has 0 aromatic carbocycles. The first-order valence-corrected chi connectivity index (χ1v) is 6.58. The molecule has 0 bridgehead atoms. The van der Waals surface area contributed by atoms with Gasteiger partial charge in [-0.3, -0.25) is 0 Å². The van der Waals surface area contributed by atoms with Crippen LogP contribution in [0.25, 0.3) is 0 Å². The molecular weight excluding hydrogens is 251 g/mol. The van der Waals surface area contributed by atoms with E-state index >= 15 is 0 Å². The van der Waals surface area contributed by atoms with Crippen LogP contribution in [0.2, 0.25) is 0 Å². The summed E-state index contributed by atoms with van der Waals surface area (Å²) in [6.45, 7) is 3.29. The van der Waals surface area contributed by atoms with Gasteiger partial charge in [-0.1, -0.05) is 6.07 Å². The lowest BCUT2D eigenvalue weighted by atomic mass is 10.4. The zero-order chi connectivity index (χ0) is 13.0. The predicted octanol–water partition coefficient (Wildman–Crippen LogP) is 2.75. The molecule has 0 amide bonds. The number of hydrogen-bond donors (Lipinski definition) is 1. The summed E-state index contributed by atoms with van der Waals surface area (Å²) in [6.07, 6.45) is 1.20. The van der Waals surface area contributed by atoms with E-state index in [9.17, 15) is 4.39 Å². The molecule has 0 aliphatic rings. The Hall–Kier alpha value is -1.69. The normalized spacial score (nSPS) is 10.4. The molecule has 2 heterocycles. The molecule has 2 rings (SSSR count). The number of nitrogens with zero attached hydrogens (tertiary/aromatic N) is 3. The maximum Gasteiger partial charge on any atom is 0.224 e. The van der Waals surface area contributed by atoms with Gasteiger partial charge in [0.15, 0.2) is 11.6 Å². The van der Waals surface area contributed by atoms with Crippen LogP contribution in [-0.2, 0) is 6.54 Å². The van der Waals surface area contributed by atoms with Crippen LogP contribution in [0.15, 0.2) is 23.7 Å². The Labute approximate surface area is 110 Å². The maximum atomic E-state index is 13.7. The van der Waals surface area contributed by atoms with Gasteiger partial charge in [0.05, 0.1) is 12.7 Å². The van der Waals surface area contributed by atoms with Crippen LogP contribution < -0.4 is 10.2 Å². The van der Waals surface area contributed by atoms with E-state index in [2.05, 4.69) is 15.3 Å². The summed E-state index contributed by atoms with van der Waals surface area (Å²) in [5, 5.41) is 4.98. The molecule has 0 atom stereocenters. The van der Waals surface area contributed by atoms with E-state index in [4.69, 9.17) is 0 Å². The summed E-state index contributed by atoms with van der Waals surface area (Å²) in [6, 6.07) is 4.00. The first-order chi connectivity index (χ1) is 8.70. The number of thiophene rings is 1. The number of anilines is 2. The van der Waals surface area contributed by atoms with Crippen molar-refractivity contribution < 1.29 is 4.39 Å². The van der Waals surface area contributed by atoms with Gasteiger partial charge >= 0.3 is 0 Å². The highest BCUT2D eigenvalue weighted by Gasteiger charge is 2.12. The van der Waals surface area contributed by atoms with Gasteiger partial charge in [-0.05, 0) is 18.4 Å². The highest BCUT2D eigenvalue weighted by molar-refractivity contribution is 7.09. The van der Waals surface area contributed by atoms with Crippen molar-refractivity contribution in [2.45, 2.75) is 13.5 Å². The molecule has 0 fully saturated rings. The molecule has 0 aliphatic carbocycles. The van der Waals surface area contributed by atoms with Crippen molar-refractivity contribution in [3.8, 4) is 0 Å². The Morgan fingerprint density at radius 1 is 1.50 bits per heavy atom. The van der Waals surface area contributed by atoms with Crippen molar-refractivity contribution in [3.63, 3.8) is 0 Å². The van der Waals surface area contributed by atoms with Crippen LogP contribution in [0.1, 0.15) is 11.8 Å². The molecule has 0 radical (unpaired) electrons. The van der Waals surface area contributed by atoms with Crippen LogP contribution in [0.4, 0.5) is 16.2 Å². The third kappa shape index (κ3) is 2.95. The summed E-state index contributed by atoms with van der Waals surface area (Å²) in [5.74, 6) is 0.358. The highest BCUT2D eigenvalue weighted by atomic mass is 32.1. The largest absolute Gasteiger partial charge is 0.354 e. The van der Waals surface area contributed by atoms with Gasteiger partial charge < -0.3 is 10.2 Å². The molecule has 0 saturated heterocycles. The van der Waals surface area contributed by atoms with E-state index in [-0.39, 0.29) is 0 Å². The van der Waals surface area contributed by atoms with Gasteiger partial charge in [0.1, 0.15) is 0 Å². The Morgan fingerprint density at radius 2 is 2.33 bits per heavy atom. The first-order valence-electron chi connectivity index (χ1n) is 5.70. The Balaban J connectivity index is 2.17. The number of halogens is 1. The summed E-state index contributed by atoms with van der Waals surface area (Å²) in [7, 11) is 1.82. The molecule has 2 aromatic heterocycles. The van der Waals surface area contributed by atoms with Gasteiger partial charge in [0.2, 0.25) is 5.95 Å². The van der Waals surface area contributed by atoms with Crippen molar-refractivity contribution in [1.29, 1.82) is 0 Å². The van der Waals surface area contributed by atoms with Crippen molar-refractivity contribution in [1.82, 2.24) is 9.97 Å². The lowest BCUT2D eigenvalue weighted by Crippen LogP contribution is -2.19. The summed E-state index contributed by atoms with van der Waals surface area (Å²) < 4.78 is 13.7. The zero-order valence-corrected chi connectivity index (χ0v) is 11.2. The second kappa shape index (κ2) is 5.77. The van der Waals surface area contributed by atoms with Crippen molar-refractivity contribution in [2.75, 3.05) is 23.8 Å². The van der Waals surface area contributed by atoms with Gasteiger partial charge in [-0.2, -0.15) is 4.98 Å². The highest BCUT2D eigenvalue weighted by Crippen LogP contribution is 2.19. The van der Waals surface area contributed by atoms with E-state index in [0.717, 1.165) is 0 Å². The van der Waals surface area contributed by atoms with E-state index in [1.165, 1.54) is 11.1 Å². The number of rotatable bonds is 5. The summed E-state index contributed by atoms with van der Waals surface area (Å²) in [5.41, 5.74) is 0.